The molecule has 0 aromatic carbocycles. The molecule has 1 aromatic heterocycles. The molecule has 1 fully saturated rings. The summed E-state index contributed by atoms with van der Waals surface area (Å²) >= 11 is 0. The fourth-order valence-corrected chi connectivity index (χ4v) is 2.66. The molecular formula is C14H23N3O2. The standard InChI is InChI=1S/C14H23N3O2/c1-17(8-10-6-11(15)7-10)9-12-14(19-3)13(18-2)4-5-16-12/h4-5,10-11H,6-9,15H2,1-3H3. The Morgan fingerprint density at radius 1 is 1.37 bits per heavy atom. The fraction of sp³-hybridized carbons (Fsp3) is 0.643. The first-order chi connectivity index (χ1) is 9.13. The molecule has 2 rings (SSSR count). The smallest absolute Gasteiger partial charge is 0.183 e. The molecule has 19 heavy (non-hydrogen) atoms. The third kappa shape index (κ3) is 3.36. The maximum Gasteiger partial charge on any atom is 0.183 e. The van der Waals surface area contributed by atoms with Crippen molar-refractivity contribution in [2.45, 2.75) is 25.4 Å². The van der Waals surface area contributed by atoms with Gasteiger partial charge in [0, 0.05) is 31.4 Å². The Bertz CT molecular complexity index is 419. The molecule has 0 saturated heterocycles. The van der Waals surface area contributed by atoms with Gasteiger partial charge in [-0.05, 0) is 25.8 Å². The summed E-state index contributed by atoms with van der Waals surface area (Å²) in [5.41, 5.74) is 6.72. The lowest BCUT2D eigenvalue weighted by molar-refractivity contribution is 0.176. The van der Waals surface area contributed by atoms with Crippen LogP contribution in [0.5, 0.6) is 11.5 Å². The third-order valence-corrected chi connectivity index (χ3v) is 3.63. The average molecular weight is 265 g/mol. The van der Waals surface area contributed by atoms with E-state index in [4.69, 9.17) is 15.2 Å². The molecule has 0 bridgehead atoms. The minimum Gasteiger partial charge on any atom is -0.493 e. The summed E-state index contributed by atoms with van der Waals surface area (Å²) in [7, 11) is 5.39. The zero-order valence-electron chi connectivity index (χ0n) is 11.9. The second kappa shape index (κ2) is 6.21. The van der Waals surface area contributed by atoms with Crippen LogP contribution >= 0.6 is 0 Å². The minimum absolute atomic E-state index is 0.405. The number of hydrogen-bond donors (Lipinski definition) is 1. The van der Waals surface area contributed by atoms with Crippen molar-refractivity contribution < 1.29 is 9.47 Å². The first-order valence-electron chi connectivity index (χ1n) is 6.64. The lowest BCUT2D eigenvalue weighted by Gasteiger charge is -2.35. The molecule has 0 spiro atoms. The maximum atomic E-state index is 5.81. The van der Waals surface area contributed by atoms with Gasteiger partial charge in [-0.1, -0.05) is 0 Å². The quantitative estimate of drug-likeness (QED) is 0.839. The molecule has 1 aliphatic rings. The van der Waals surface area contributed by atoms with Crippen LogP contribution < -0.4 is 15.2 Å². The van der Waals surface area contributed by atoms with E-state index in [2.05, 4.69) is 16.9 Å². The van der Waals surface area contributed by atoms with E-state index in [9.17, 15) is 0 Å². The van der Waals surface area contributed by atoms with E-state index < -0.39 is 0 Å². The zero-order valence-corrected chi connectivity index (χ0v) is 11.9. The van der Waals surface area contributed by atoms with Crippen molar-refractivity contribution in [3.05, 3.63) is 18.0 Å². The molecule has 1 heterocycles. The van der Waals surface area contributed by atoms with E-state index in [1.807, 2.05) is 6.07 Å². The molecule has 5 heteroatoms. The van der Waals surface area contributed by atoms with Crippen LogP contribution in [0.4, 0.5) is 0 Å². The van der Waals surface area contributed by atoms with Crippen LogP contribution in [0.3, 0.4) is 0 Å². The number of ether oxygens (including phenoxy) is 2. The van der Waals surface area contributed by atoms with Crippen LogP contribution in [0.25, 0.3) is 0 Å². The van der Waals surface area contributed by atoms with Crippen molar-refractivity contribution in [2.75, 3.05) is 27.8 Å². The van der Waals surface area contributed by atoms with Crippen molar-refractivity contribution in [1.82, 2.24) is 9.88 Å². The van der Waals surface area contributed by atoms with Gasteiger partial charge in [0.05, 0.1) is 14.2 Å². The summed E-state index contributed by atoms with van der Waals surface area (Å²) in [6, 6.07) is 2.22. The lowest BCUT2D eigenvalue weighted by atomic mass is 9.80. The average Bonchev–Trinajstić information content (AvgIpc) is 2.36. The fourth-order valence-electron chi connectivity index (χ4n) is 2.66. The van der Waals surface area contributed by atoms with Crippen molar-refractivity contribution in [2.24, 2.45) is 11.7 Å². The number of pyridine rings is 1. The van der Waals surface area contributed by atoms with Gasteiger partial charge in [0.2, 0.25) is 0 Å². The Morgan fingerprint density at radius 3 is 2.68 bits per heavy atom. The molecule has 2 N–H and O–H groups in total. The highest BCUT2D eigenvalue weighted by Crippen LogP contribution is 2.31. The number of aromatic nitrogens is 1. The molecule has 0 radical (unpaired) electrons. The second-order valence-corrected chi connectivity index (χ2v) is 5.29. The first kappa shape index (κ1) is 14.1. The maximum absolute atomic E-state index is 5.81. The molecule has 0 atom stereocenters. The van der Waals surface area contributed by atoms with Crippen molar-refractivity contribution >= 4 is 0 Å². The molecule has 106 valence electrons. The Balaban J connectivity index is 1.97. The molecule has 0 unspecified atom stereocenters. The second-order valence-electron chi connectivity index (χ2n) is 5.29. The molecule has 5 nitrogen and oxygen atoms in total. The van der Waals surface area contributed by atoms with Crippen LogP contribution in [0.1, 0.15) is 18.5 Å². The topological polar surface area (TPSA) is 60.6 Å². The Kier molecular flexibility index (Phi) is 4.61. The van der Waals surface area contributed by atoms with Gasteiger partial charge in [-0.3, -0.25) is 4.98 Å². The predicted molar refractivity (Wildman–Crippen MR) is 74.4 cm³/mol. The Morgan fingerprint density at radius 2 is 2.11 bits per heavy atom. The largest absolute Gasteiger partial charge is 0.493 e. The van der Waals surface area contributed by atoms with Crippen LogP contribution in [0.2, 0.25) is 0 Å². The Labute approximate surface area is 114 Å². The van der Waals surface area contributed by atoms with Crippen LogP contribution in [0, 0.1) is 5.92 Å². The Hall–Kier alpha value is -1.33. The van der Waals surface area contributed by atoms with E-state index in [1.165, 1.54) is 0 Å². The van der Waals surface area contributed by atoms with E-state index in [1.54, 1.807) is 20.4 Å². The van der Waals surface area contributed by atoms with E-state index in [0.29, 0.717) is 6.04 Å². The highest BCUT2D eigenvalue weighted by molar-refractivity contribution is 5.42. The van der Waals surface area contributed by atoms with Crippen LogP contribution in [-0.4, -0.2) is 43.7 Å². The normalized spacial score (nSPS) is 22.2. The number of hydrogen-bond acceptors (Lipinski definition) is 5. The molecule has 1 saturated carbocycles. The highest BCUT2D eigenvalue weighted by atomic mass is 16.5. The molecule has 1 aromatic rings. The number of nitrogens with two attached hydrogens (primary N) is 1. The minimum atomic E-state index is 0.405. The van der Waals surface area contributed by atoms with Gasteiger partial charge < -0.3 is 20.1 Å². The van der Waals surface area contributed by atoms with Crippen molar-refractivity contribution in [3.8, 4) is 11.5 Å². The van der Waals surface area contributed by atoms with Crippen LogP contribution in [0.15, 0.2) is 12.3 Å². The molecule has 0 amide bonds. The van der Waals surface area contributed by atoms with Crippen molar-refractivity contribution in [1.29, 1.82) is 0 Å². The van der Waals surface area contributed by atoms with Crippen LogP contribution in [-0.2, 0) is 6.54 Å². The molecule has 0 aliphatic heterocycles. The summed E-state index contributed by atoms with van der Waals surface area (Å²) < 4.78 is 10.7. The monoisotopic (exact) mass is 265 g/mol. The highest BCUT2D eigenvalue weighted by Gasteiger charge is 2.27. The van der Waals surface area contributed by atoms with Gasteiger partial charge in [0.1, 0.15) is 5.69 Å². The summed E-state index contributed by atoms with van der Waals surface area (Å²) in [6.07, 6.45) is 4.02. The summed E-state index contributed by atoms with van der Waals surface area (Å²) in [5, 5.41) is 0. The molecular weight excluding hydrogens is 242 g/mol. The van der Waals surface area contributed by atoms with Crippen molar-refractivity contribution in [3.63, 3.8) is 0 Å². The van der Waals surface area contributed by atoms with Gasteiger partial charge >= 0.3 is 0 Å². The first-order valence-corrected chi connectivity index (χ1v) is 6.64. The zero-order chi connectivity index (χ0) is 13.8. The van der Waals surface area contributed by atoms with E-state index in [0.717, 1.165) is 49.0 Å². The predicted octanol–water partition coefficient (Wildman–Crippen LogP) is 1.27. The number of rotatable bonds is 6. The summed E-state index contributed by atoms with van der Waals surface area (Å²) in [6.45, 7) is 1.81. The lowest BCUT2D eigenvalue weighted by Crippen LogP contribution is -2.41. The summed E-state index contributed by atoms with van der Waals surface area (Å²) in [4.78, 5) is 6.66. The van der Waals surface area contributed by atoms with Gasteiger partial charge in [0.15, 0.2) is 11.5 Å². The van der Waals surface area contributed by atoms with Gasteiger partial charge in [-0.2, -0.15) is 0 Å². The van der Waals surface area contributed by atoms with E-state index >= 15 is 0 Å². The van der Waals surface area contributed by atoms with E-state index in [-0.39, 0.29) is 0 Å². The van der Waals surface area contributed by atoms with Gasteiger partial charge in [0.25, 0.3) is 0 Å². The SMILES string of the molecule is COc1ccnc(CN(C)CC2CC(N)C2)c1OC. The molecule has 1 aliphatic carbocycles. The van der Waals surface area contributed by atoms with Gasteiger partial charge in [-0.15, -0.1) is 0 Å². The summed E-state index contributed by atoms with van der Waals surface area (Å²) in [5.74, 6) is 2.17. The number of nitrogens with zero attached hydrogens (tertiary/aromatic N) is 2. The third-order valence-electron chi connectivity index (χ3n) is 3.63. The number of methoxy groups -OCH3 is 2. The van der Waals surface area contributed by atoms with Gasteiger partial charge in [-0.25, -0.2) is 0 Å².